The Morgan fingerprint density at radius 2 is 2.54 bits per heavy atom. The second kappa shape index (κ2) is 3.75. The van der Waals surface area contributed by atoms with Crippen molar-refractivity contribution in [2.75, 3.05) is 6.54 Å². The van der Waals surface area contributed by atoms with E-state index < -0.39 is 0 Å². The molecule has 1 unspecified atom stereocenters. The van der Waals surface area contributed by atoms with Crippen LogP contribution in [0.25, 0.3) is 0 Å². The average Bonchev–Trinajstić information content (AvgIpc) is 2.74. The first-order valence-corrected chi connectivity index (χ1v) is 4.75. The van der Waals surface area contributed by atoms with Gasteiger partial charge < -0.3 is 10.3 Å². The van der Waals surface area contributed by atoms with Gasteiger partial charge in [0.2, 0.25) is 0 Å². The number of carbonyl (C=O) groups excluding carboxylic acids is 1. The van der Waals surface area contributed by atoms with Crippen molar-refractivity contribution in [1.29, 1.82) is 0 Å². The Hall–Kier alpha value is -1.09. The lowest BCUT2D eigenvalue weighted by molar-refractivity contribution is 0.0972. The zero-order valence-electron chi connectivity index (χ0n) is 7.55. The number of rotatable bonds is 3. The molecule has 1 aliphatic heterocycles. The van der Waals surface area contributed by atoms with Crippen LogP contribution < -0.4 is 5.32 Å². The molecule has 3 nitrogen and oxygen atoms in total. The number of nitrogens with one attached hydrogen (secondary N) is 2. The van der Waals surface area contributed by atoms with E-state index in [0.29, 0.717) is 12.5 Å². The molecule has 0 radical (unpaired) electrons. The molecule has 0 aromatic carbocycles. The molecule has 2 N–H and O–H groups in total. The summed E-state index contributed by atoms with van der Waals surface area (Å²) < 4.78 is 0. The Morgan fingerprint density at radius 1 is 1.62 bits per heavy atom. The van der Waals surface area contributed by atoms with Crippen LogP contribution in [-0.4, -0.2) is 23.4 Å². The van der Waals surface area contributed by atoms with Crippen LogP contribution in [0.3, 0.4) is 0 Å². The van der Waals surface area contributed by atoms with E-state index in [-0.39, 0.29) is 5.78 Å². The monoisotopic (exact) mass is 178 g/mol. The van der Waals surface area contributed by atoms with Gasteiger partial charge in [0.1, 0.15) is 0 Å². The van der Waals surface area contributed by atoms with Crippen LogP contribution in [0.1, 0.15) is 29.6 Å². The van der Waals surface area contributed by atoms with Crippen LogP contribution in [-0.2, 0) is 0 Å². The Kier molecular flexibility index (Phi) is 2.45. The largest absolute Gasteiger partial charge is 0.367 e. The van der Waals surface area contributed by atoms with E-state index >= 15 is 0 Å². The van der Waals surface area contributed by atoms with Crippen LogP contribution in [0, 0.1) is 0 Å². The number of hydrogen-bond acceptors (Lipinski definition) is 2. The first kappa shape index (κ1) is 8.51. The van der Waals surface area contributed by atoms with Gasteiger partial charge in [0.25, 0.3) is 0 Å². The maximum Gasteiger partial charge on any atom is 0.165 e. The number of aromatic amines is 1. The molecule has 70 valence electrons. The second-order valence-electron chi connectivity index (χ2n) is 3.52. The van der Waals surface area contributed by atoms with E-state index in [0.717, 1.165) is 18.5 Å². The zero-order valence-corrected chi connectivity index (χ0v) is 7.55. The second-order valence-corrected chi connectivity index (χ2v) is 3.52. The van der Waals surface area contributed by atoms with E-state index in [1.165, 1.54) is 6.42 Å². The van der Waals surface area contributed by atoms with Gasteiger partial charge in [0.05, 0.1) is 0 Å². The molecule has 1 aromatic rings. The van der Waals surface area contributed by atoms with Crippen molar-refractivity contribution < 1.29 is 4.79 Å². The van der Waals surface area contributed by atoms with Crippen molar-refractivity contribution in [2.24, 2.45) is 0 Å². The zero-order chi connectivity index (χ0) is 9.10. The van der Waals surface area contributed by atoms with Gasteiger partial charge >= 0.3 is 0 Å². The first-order chi connectivity index (χ1) is 6.36. The number of carbonyl (C=O) groups is 1. The predicted octanol–water partition coefficient (Wildman–Crippen LogP) is 1.34. The lowest BCUT2D eigenvalue weighted by atomic mass is 10.1. The first-order valence-electron chi connectivity index (χ1n) is 4.75. The smallest absolute Gasteiger partial charge is 0.165 e. The molecule has 1 aromatic heterocycles. The van der Waals surface area contributed by atoms with E-state index in [1.807, 2.05) is 6.07 Å². The molecular formula is C10H14N2O. The molecule has 2 rings (SSSR count). The third-order valence-corrected chi connectivity index (χ3v) is 2.51. The third kappa shape index (κ3) is 1.98. The molecule has 0 amide bonds. The number of ketones is 1. The van der Waals surface area contributed by atoms with Crippen LogP contribution in [0.2, 0.25) is 0 Å². The molecule has 1 fully saturated rings. The van der Waals surface area contributed by atoms with E-state index in [1.54, 1.807) is 12.4 Å². The summed E-state index contributed by atoms with van der Waals surface area (Å²) in [5, 5.41) is 3.32. The fourth-order valence-corrected chi connectivity index (χ4v) is 1.77. The molecule has 0 aliphatic carbocycles. The fourth-order valence-electron chi connectivity index (χ4n) is 1.77. The molecule has 3 heteroatoms. The maximum absolute atomic E-state index is 11.6. The van der Waals surface area contributed by atoms with Gasteiger partial charge in [-0.2, -0.15) is 0 Å². The lowest BCUT2D eigenvalue weighted by Gasteiger charge is -2.07. The lowest BCUT2D eigenvalue weighted by Crippen LogP contribution is -2.24. The summed E-state index contributed by atoms with van der Waals surface area (Å²) in [6.45, 7) is 1.06. The molecule has 1 saturated heterocycles. The van der Waals surface area contributed by atoms with E-state index in [4.69, 9.17) is 0 Å². The van der Waals surface area contributed by atoms with Crippen molar-refractivity contribution in [2.45, 2.75) is 25.3 Å². The molecule has 13 heavy (non-hydrogen) atoms. The summed E-state index contributed by atoms with van der Waals surface area (Å²) in [4.78, 5) is 14.5. The van der Waals surface area contributed by atoms with Gasteiger partial charge in [-0.15, -0.1) is 0 Å². The molecule has 0 spiro atoms. The summed E-state index contributed by atoms with van der Waals surface area (Å²) in [5.74, 6) is 0.237. The summed E-state index contributed by atoms with van der Waals surface area (Å²) in [6.07, 6.45) is 6.52. The minimum Gasteiger partial charge on any atom is -0.367 e. The van der Waals surface area contributed by atoms with E-state index in [2.05, 4.69) is 10.3 Å². The highest BCUT2D eigenvalue weighted by Gasteiger charge is 2.18. The van der Waals surface area contributed by atoms with Crippen LogP contribution in [0.15, 0.2) is 18.5 Å². The molecule has 2 heterocycles. The molecule has 0 bridgehead atoms. The predicted molar refractivity (Wildman–Crippen MR) is 50.8 cm³/mol. The summed E-state index contributed by atoms with van der Waals surface area (Å²) in [5.41, 5.74) is 0.800. The Morgan fingerprint density at radius 3 is 3.15 bits per heavy atom. The maximum atomic E-state index is 11.6. The van der Waals surface area contributed by atoms with Gasteiger partial charge in [-0.25, -0.2) is 0 Å². The third-order valence-electron chi connectivity index (χ3n) is 2.51. The van der Waals surface area contributed by atoms with Gasteiger partial charge in [-0.1, -0.05) is 0 Å². The molecule has 1 atom stereocenters. The molecule has 1 aliphatic rings. The molecule has 0 saturated carbocycles. The van der Waals surface area contributed by atoms with Crippen molar-refractivity contribution in [1.82, 2.24) is 10.3 Å². The van der Waals surface area contributed by atoms with Crippen molar-refractivity contribution in [3.8, 4) is 0 Å². The van der Waals surface area contributed by atoms with Gasteiger partial charge in [-0.05, 0) is 25.5 Å². The van der Waals surface area contributed by atoms with Crippen LogP contribution >= 0.6 is 0 Å². The number of aromatic nitrogens is 1. The highest BCUT2D eigenvalue weighted by molar-refractivity contribution is 5.96. The Bertz CT molecular complexity index is 273. The Labute approximate surface area is 77.5 Å². The fraction of sp³-hybridized carbons (Fsp3) is 0.500. The summed E-state index contributed by atoms with van der Waals surface area (Å²) >= 11 is 0. The minimum atomic E-state index is 0.237. The highest BCUT2D eigenvalue weighted by Crippen LogP contribution is 2.12. The SMILES string of the molecule is O=C(CC1CCCN1)c1cc[nH]c1. The summed E-state index contributed by atoms with van der Waals surface area (Å²) in [7, 11) is 0. The van der Waals surface area contributed by atoms with Gasteiger partial charge in [-0.3, -0.25) is 4.79 Å². The normalized spacial score (nSPS) is 22.0. The summed E-state index contributed by atoms with van der Waals surface area (Å²) in [6, 6.07) is 2.24. The van der Waals surface area contributed by atoms with Crippen molar-refractivity contribution in [3.05, 3.63) is 24.0 Å². The van der Waals surface area contributed by atoms with Gasteiger partial charge in [0, 0.05) is 30.4 Å². The van der Waals surface area contributed by atoms with Crippen molar-refractivity contribution >= 4 is 5.78 Å². The standard InChI is InChI=1S/C10H14N2O/c13-10(8-3-5-11-7-8)6-9-2-1-4-12-9/h3,5,7,9,11-12H,1-2,4,6H2. The topological polar surface area (TPSA) is 44.9 Å². The average molecular weight is 178 g/mol. The quantitative estimate of drug-likeness (QED) is 0.686. The van der Waals surface area contributed by atoms with E-state index in [9.17, 15) is 4.79 Å². The van der Waals surface area contributed by atoms with Crippen LogP contribution in [0.4, 0.5) is 0 Å². The van der Waals surface area contributed by atoms with Gasteiger partial charge in [0.15, 0.2) is 5.78 Å². The van der Waals surface area contributed by atoms with Crippen LogP contribution in [0.5, 0.6) is 0 Å². The van der Waals surface area contributed by atoms with Crippen molar-refractivity contribution in [3.63, 3.8) is 0 Å². The molecular weight excluding hydrogens is 164 g/mol. The minimum absolute atomic E-state index is 0.237. The number of H-pyrrole nitrogens is 1. The number of hydrogen-bond donors (Lipinski definition) is 2. The Balaban J connectivity index is 1.91. The number of Topliss-reactive ketones (excluding diaryl/α,β-unsaturated/α-hetero) is 1. The highest BCUT2D eigenvalue weighted by atomic mass is 16.1.